The van der Waals surface area contributed by atoms with Gasteiger partial charge in [0.2, 0.25) is 0 Å². The van der Waals surface area contributed by atoms with Crippen molar-refractivity contribution in [2.45, 2.75) is 114 Å². The molecule has 0 bridgehead atoms. The van der Waals surface area contributed by atoms with E-state index in [0.717, 1.165) is 38.2 Å². The van der Waals surface area contributed by atoms with E-state index in [1.165, 1.54) is 0 Å². The lowest BCUT2D eigenvalue weighted by molar-refractivity contribution is -0.310. The van der Waals surface area contributed by atoms with E-state index >= 15 is 0 Å². The number of ether oxygens (including phenoxy) is 10. The van der Waals surface area contributed by atoms with Crippen LogP contribution >= 0.6 is 0 Å². The van der Waals surface area contributed by atoms with Gasteiger partial charge in [0.25, 0.3) is 0 Å². The van der Waals surface area contributed by atoms with Gasteiger partial charge in [0, 0.05) is 4.91 Å². The first kappa shape index (κ1) is 60.2. The van der Waals surface area contributed by atoms with Crippen molar-refractivity contribution < 1.29 is 47.4 Å². The number of hydrogen-bond acceptors (Lipinski definition) is 11. The maximum absolute atomic E-state index is 10.7. The van der Waals surface area contributed by atoms with Gasteiger partial charge in [-0.05, 0) is 78.4 Å². The molecule has 0 N–H and O–H groups in total. The number of hydrogen-bond donors (Lipinski definition) is 0. The number of nitrogens with zero attached hydrogens (tertiary/aromatic N) is 3. The van der Waals surface area contributed by atoms with Crippen molar-refractivity contribution >= 4 is 19.2 Å². The molecule has 13 nitrogen and oxygen atoms in total. The quantitative estimate of drug-likeness (QED) is 0.0185. The molecule has 83 heavy (non-hydrogen) atoms. The summed E-state index contributed by atoms with van der Waals surface area (Å²) in [6.07, 6.45) is -6.75. The van der Waals surface area contributed by atoms with Gasteiger partial charge in [0.05, 0.1) is 58.1 Å². The molecule has 0 aliphatic carbocycles. The molecular formula is C69H75N3O10Si. The highest BCUT2D eigenvalue weighted by Crippen LogP contribution is 2.35. The van der Waals surface area contributed by atoms with Crippen molar-refractivity contribution in [3.8, 4) is 11.5 Å². The van der Waals surface area contributed by atoms with Crippen molar-refractivity contribution in [1.82, 2.24) is 0 Å². The third-order valence-corrected chi connectivity index (χ3v) is 17.6. The average Bonchev–Trinajstić information content (AvgIpc) is 3.62. The van der Waals surface area contributed by atoms with E-state index in [-0.39, 0.29) is 39.6 Å². The maximum Gasteiger partial charge on any atom is 0.169 e. The summed E-state index contributed by atoms with van der Waals surface area (Å²) in [6.45, 7) is 7.22. The molecule has 0 spiro atoms. The Balaban J connectivity index is 1.20. The molecule has 8 aromatic carbocycles. The van der Waals surface area contributed by atoms with Crippen LogP contribution in [0.15, 0.2) is 242 Å². The molecule has 14 heteroatoms. The Morgan fingerprint density at radius 2 is 0.940 bits per heavy atom. The van der Waals surface area contributed by atoms with Crippen LogP contribution in [0.25, 0.3) is 10.4 Å². The number of rotatable bonds is 30. The Kier molecular flexibility index (Phi) is 22.7. The Labute approximate surface area is 490 Å². The second kappa shape index (κ2) is 31.3. The number of benzene rings is 8. The highest BCUT2D eigenvalue weighted by molar-refractivity contribution is 6.86. The van der Waals surface area contributed by atoms with Gasteiger partial charge in [-0.3, -0.25) is 0 Å². The van der Waals surface area contributed by atoms with E-state index in [4.69, 9.17) is 47.4 Å². The summed E-state index contributed by atoms with van der Waals surface area (Å²) in [5, 5.41) is 6.81. The van der Waals surface area contributed by atoms with Crippen LogP contribution in [-0.2, 0) is 70.9 Å². The first-order valence-corrected chi connectivity index (χ1v) is 30.2. The molecule has 1 heterocycles. The zero-order valence-corrected chi connectivity index (χ0v) is 48.8. The van der Waals surface area contributed by atoms with Gasteiger partial charge >= 0.3 is 0 Å². The molecule has 1 aliphatic heterocycles. The predicted molar refractivity (Wildman–Crippen MR) is 325 cm³/mol. The summed E-state index contributed by atoms with van der Waals surface area (Å²) in [6, 6.07) is 77.2. The van der Waals surface area contributed by atoms with Gasteiger partial charge in [-0.15, -0.1) is 0 Å². The summed E-state index contributed by atoms with van der Waals surface area (Å²) in [5.41, 5.74) is 14.1. The van der Waals surface area contributed by atoms with Gasteiger partial charge in [-0.25, -0.2) is 0 Å². The maximum atomic E-state index is 10.7. The van der Waals surface area contributed by atoms with Crippen LogP contribution in [0.1, 0.15) is 48.6 Å². The van der Waals surface area contributed by atoms with E-state index in [9.17, 15) is 5.53 Å². The Bertz CT molecular complexity index is 3090. The van der Waals surface area contributed by atoms with E-state index in [1.54, 1.807) is 7.11 Å². The highest BCUT2D eigenvalue weighted by atomic mass is 28.3. The van der Waals surface area contributed by atoms with Crippen LogP contribution in [0.2, 0.25) is 0 Å². The van der Waals surface area contributed by atoms with Crippen molar-refractivity contribution in [3.05, 3.63) is 275 Å². The lowest BCUT2D eigenvalue weighted by atomic mass is 9.96. The summed E-state index contributed by atoms with van der Waals surface area (Å²) >= 11 is 0. The van der Waals surface area contributed by atoms with E-state index in [2.05, 4.69) is 79.3 Å². The van der Waals surface area contributed by atoms with Crippen LogP contribution < -0.4 is 19.8 Å². The van der Waals surface area contributed by atoms with Crippen molar-refractivity contribution in [1.29, 1.82) is 0 Å². The zero-order chi connectivity index (χ0) is 57.5. The third-order valence-electron chi connectivity index (χ3n) is 14.3. The van der Waals surface area contributed by atoms with Crippen LogP contribution in [0.4, 0.5) is 0 Å². The monoisotopic (exact) mass is 1130 g/mol. The van der Waals surface area contributed by atoms with Gasteiger partial charge in [0.1, 0.15) is 69.6 Å². The molecule has 0 aromatic heterocycles. The Morgan fingerprint density at radius 1 is 0.518 bits per heavy atom. The fourth-order valence-electron chi connectivity index (χ4n) is 10.3. The molecular weight excluding hydrogens is 1060 g/mol. The summed E-state index contributed by atoms with van der Waals surface area (Å²) < 4.78 is 70.2. The van der Waals surface area contributed by atoms with Crippen molar-refractivity contribution in [2.24, 2.45) is 5.11 Å². The highest BCUT2D eigenvalue weighted by Gasteiger charge is 2.51. The predicted octanol–water partition coefficient (Wildman–Crippen LogP) is 12.2. The molecule has 8 aromatic rings. The first-order valence-electron chi connectivity index (χ1n) is 28.3. The van der Waals surface area contributed by atoms with Crippen LogP contribution in [0.5, 0.6) is 11.5 Å². The number of azide groups is 1. The Morgan fingerprint density at radius 3 is 1.40 bits per heavy atom. The average molecular weight is 1130 g/mol. The van der Waals surface area contributed by atoms with Crippen LogP contribution in [0.3, 0.4) is 0 Å². The molecule has 0 radical (unpaired) electrons. The second-order valence-electron chi connectivity index (χ2n) is 21.4. The fraction of sp³-hybridized carbons (Fsp3) is 0.304. The largest absolute Gasteiger partial charge is 0.497 e. The topological polar surface area (TPSA) is 141 Å². The fourth-order valence-corrected chi connectivity index (χ4v) is 14.0. The van der Waals surface area contributed by atoms with Gasteiger partial charge in [0.15, 0.2) is 6.29 Å². The van der Waals surface area contributed by atoms with Gasteiger partial charge in [-0.1, -0.05) is 228 Å². The smallest absolute Gasteiger partial charge is 0.169 e. The van der Waals surface area contributed by atoms with E-state index in [1.807, 2.05) is 188 Å². The minimum absolute atomic E-state index is 0.0646. The zero-order valence-electron chi connectivity index (χ0n) is 47.7. The lowest BCUT2D eigenvalue weighted by Crippen LogP contribution is -2.65. The summed E-state index contributed by atoms with van der Waals surface area (Å²) in [7, 11) is -0.908. The van der Waals surface area contributed by atoms with Crippen LogP contribution in [-0.4, -0.2) is 89.4 Å². The molecule has 5 unspecified atom stereocenters. The SMILES string of the molecule is COc1ccc(OCC(OC2O[C@H](COCc3ccccc3)[C@@H](OCc3ccccc3)[C@H](OCc3ccccc3)[C@H]2N=[N+]=[N-])C(OCc2ccccc2)C(OCc2ccccc2)C(OC(C)(C)C)[SiH](c2ccccc2)c2ccccc2)cc1. The molecule has 1 saturated heterocycles. The second-order valence-corrected chi connectivity index (χ2v) is 24.4. The summed E-state index contributed by atoms with van der Waals surface area (Å²) in [4.78, 5) is 3.47. The standard InChI is InChI=1S/C69H75N3O10Si/c1-69(2,3)82-68(83(58-36-22-10-23-37-58)59-38-24-11-25-39-59)66(79-48-55-34-20-9-21-35-55)64(77-46-53-30-16-7-17-31-53)61(50-75-57-42-40-56(73-4)41-43-57)81-67-62(71-72-70)65(78-47-54-32-18-8-19-33-54)63(76-45-52-28-14-6-15-29-52)60(80-67)49-74-44-51-26-12-5-13-27-51/h5-43,60-68,83H,44-50H2,1-4H3/t60-,61?,62-,63-,64?,65-,66?,67?,68?/m1/s1. The molecule has 0 saturated carbocycles. The molecule has 9 atom stereocenters. The Hall–Kier alpha value is -7.43. The minimum Gasteiger partial charge on any atom is -0.497 e. The lowest BCUT2D eigenvalue weighted by Gasteiger charge is -2.47. The molecule has 0 amide bonds. The van der Waals surface area contributed by atoms with Crippen LogP contribution in [0, 0.1) is 0 Å². The number of methoxy groups -OCH3 is 1. The first-order chi connectivity index (χ1) is 40.7. The summed E-state index contributed by atoms with van der Waals surface area (Å²) in [5.74, 6) is 1.22. The van der Waals surface area contributed by atoms with E-state index < -0.39 is 69.1 Å². The minimum atomic E-state index is -2.53. The normalized spacial score (nSPS) is 18.5. The van der Waals surface area contributed by atoms with E-state index in [0.29, 0.717) is 18.1 Å². The third kappa shape index (κ3) is 18.0. The van der Waals surface area contributed by atoms with Crippen molar-refractivity contribution in [2.75, 3.05) is 20.3 Å². The molecule has 9 rings (SSSR count). The molecule has 430 valence electrons. The van der Waals surface area contributed by atoms with Gasteiger partial charge in [-0.2, -0.15) is 0 Å². The molecule has 1 fully saturated rings. The van der Waals surface area contributed by atoms with Gasteiger partial charge < -0.3 is 47.4 Å². The molecule has 1 aliphatic rings. The van der Waals surface area contributed by atoms with Crippen molar-refractivity contribution in [3.63, 3.8) is 0 Å².